The molecule has 6 heteroatoms. The van der Waals surface area contributed by atoms with Gasteiger partial charge in [0.25, 0.3) is 0 Å². The van der Waals surface area contributed by atoms with Gasteiger partial charge in [-0.2, -0.15) is 0 Å². The van der Waals surface area contributed by atoms with Crippen molar-refractivity contribution in [3.63, 3.8) is 0 Å². The highest BCUT2D eigenvalue weighted by molar-refractivity contribution is 7.89. The van der Waals surface area contributed by atoms with Gasteiger partial charge in [0.05, 0.1) is 5.69 Å². The molecule has 21 heavy (non-hydrogen) atoms. The number of hydrogen-bond donors (Lipinski definition) is 2. The maximum absolute atomic E-state index is 12.3. The van der Waals surface area contributed by atoms with Crippen molar-refractivity contribution in [1.82, 2.24) is 9.71 Å². The van der Waals surface area contributed by atoms with Crippen LogP contribution in [-0.4, -0.2) is 19.4 Å². The second kappa shape index (κ2) is 6.69. The second-order valence-electron chi connectivity index (χ2n) is 4.99. The van der Waals surface area contributed by atoms with Gasteiger partial charge in [0.2, 0.25) is 10.0 Å². The van der Waals surface area contributed by atoms with E-state index >= 15 is 0 Å². The lowest BCUT2D eigenvalue weighted by atomic mass is 10.2. The quantitative estimate of drug-likeness (QED) is 0.859. The first kappa shape index (κ1) is 15.5. The Hall–Kier alpha value is -1.92. The largest absolute Gasteiger partial charge is 0.380 e. The van der Waals surface area contributed by atoms with E-state index in [2.05, 4.69) is 15.0 Å². The van der Waals surface area contributed by atoms with Gasteiger partial charge in [-0.15, -0.1) is 0 Å². The van der Waals surface area contributed by atoms with Crippen LogP contribution < -0.4 is 10.0 Å². The van der Waals surface area contributed by atoms with Crippen LogP contribution in [0.5, 0.6) is 0 Å². The van der Waals surface area contributed by atoms with Crippen LogP contribution in [0.3, 0.4) is 0 Å². The molecule has 0 saturated carbocycles. The summed E-state index contributed by atoms with van der Waals surface area (Å²) in [5.74, 6) is 0. The molecule has 5 nitrogen and oxygen atoms in total. The fourth-order valence-electron chi connectivity index (χ4n) is 1.92. The summed E-state index contributed by atoms with van der Waals surface area (Å²) in [5.41, 5.74) is 1.57. The van der Waals surface area contributed by atoms with Crippen molar-refractivity contribution >= 4 is 15.7 Å². The van der Waals surface area contributed by atoms with E-state index in [-0.39, 0.29) is 10.9 Å². The van der Waals surface area contributed by atoms with Crippen molar-refractivity contribution in [2.45, 2.75) is 31.3 Å². The summed E-state index contributed by atoms with van der Waals surface area (Å²) in [6.45, 7) is 4.11. The zero-order chi connectivity index (χ0) is 15.3. The van der Waals surface area contributed by atoms with Gasteiger partial charge in [0.1, 0.15) is 4.90 Å². The van der Waals surface area contributed by atoms with Crippen LogP contribution in [-0.2, 0) is 16.6 Å². The van der Waals surface area contributed by atoms with Crippen LogP contribution >= 0.6 is 0 Å². The molecule has 0 aliphatic heterocycles. The molecule has 0 bridgehead atoms. The third kappa shape index (κ3) is 4.27. The average molecular weight is 305 g/mol. The Morgan fingerprint density at radius 2 is 1.90 bits per heavy atom. The van der Waals surface area contributed by atoms with E-state index in [1.54, 1.807) is 50.5 Å². The van der Waals surface area contributed by atoms with Crippen molar-refractivity contribution < 1.29 is 8.42 Å². The van der Waals surface area contributed by atoms with Crippen LogP contribution in [0.4, 0.5) is 5.69 Å². The summed E-state index contributed by atoms with van der Waals surface area (Å²) in [4.78, 5) is 4.29. The van der Waals surface area contributed by atoms with Gasteiger partial charge in [0.15, 0.2) is 0 Å². The zero-order valence-corrected chi connectivity index (χ0v) is 12.9. The Balaban J connectivity index is 2.21. The van der Waals surface area contributed by atoms with E-state index in [0.29, 0.717) is 12.2 Å². The number of pyridine rings is 1. The molecule has 2 aromatic rings. The fourth-order valence-corrected chi connectivity index (χ4v) is 3.36. The van der Waals surface area contributed by atoms with Crippen molar-refractivity contribution in [2.24, 2.45) is 0 Å². The number of rotatable bonds is 6. The van der Waals surface area contributed by atoms with Gasteiger partial charge in [-0.1, -0.05) is 18.2 Å². The van der Waals surface area contributed by atoms with Gasteiger partial charge in [-0.25, -0.2) is 13.1 Å². The molecule has 0 saturated heterocycles. The molecule has 2 N–H and O–H groups in total. The third-order valence-corrected chi connectivity index (χ3v) is 4.49. The number of benzene rings is 1. The highest BCUT2D eigenvalue weighted by atomic mass is 32.2. The highest BCUT2D eigenvalue weighted by Crippen LogP contribution is 2.21. The van der Waals surface area contributed by atoms with Gasteiger partial charge < -0.3 is 5.32 Å². The molecule has 2 rings (SSSR count). The number of aromatic nitrogens is 1. The minimum absolute atomic E-state index is 0.152. The van der Waals surface area contributed by atoms with E-state index in [1.165, 1.54) is 0 Å². The molecular formula is C15H19N3O2S. The summed E-state index contributed by atoms with van der Waals surface area (Å²) in [6, 6.07) is 10.5. The first-order valence-corrected chi connectivity index (χ1v) is 8.21. The lowest BCUT2D eigenvalue weighted by molar-refractivity contribution is 0.570. The standard InChI is InChI=1S/C15H19N3O2S/c1-12(2)18-21(19,20)15-8-4-3-7-14(15)17-11-13-6-5-9-16-10-13/h3-10,12,17-18H,11H2,1-2H3. The monoisotopic (exact) mass is 305 g/mol. The normalized spacial score (nSPS) is 11.6. The van der Waals surface area contributed by atoms with E-state index in [4.69, 9.17) is 0 Å². The molecule has 0 atom stereocenters. The predicted octanol–water partition coefficient (Wildman–Crippen LogP) is 2.38. The Bertz CT molecular complexity index is 685. The first-order valence-electron chi connectivity index (χ1n) is 6.73. The maximum atomic E-state index is 12.3. The van der Waals surface area contributed by atoms with Crippen LogP contribution in [0.1, 0.15) is 19.4 Å². The topological polar surface area (TPSA) is 71.1 Å². The van der Waals surface area contributed by atoms with E-state index in [0.717, 1.165) is 5.56 Å². The Morgan fingerprint density at radius 3 is 2.57 bits per heavy atom. The lowest BCUT2D eigenvalue weighted by Gasteiger charge is -2.14. The molecule has 0 unspecified atom stereocenters. The zero-order valence-electron chi connectivity index (χ0n) is 12.1. The van der Waals surface area contributed by atoms with Gasteiger partial charge in [-0.05, 0) is 37.6 Å². The smallest absolute Gasteiger partial charge is 0.242 e. The molecule has 0 radical (unpaired) electrons. The minimum atomic E-state index is -3.52. The van der Waals surface area contributed by atoms with Gasteiger partial charge in [-0.3, -0.25) is 4.98 Å². The third-order valence-electron chi connectivity index (χ3n) is 2.77. The minimum Gasteiger partial charge on any atom is -0.380 e. The molecule has 1 heterocycles. The van der Waals surface area contributed by atoms with E-state index < -0.39 is 10.0 Å². The molecule has 0 fully saturated rings. The van der Waals surface area contributed by atoms with Crippen molar-refractivity contribution in [2.75, 3.05) is 5.32 Å². The summed E-state index contributed by atoms with van der Waals surface area (Å²) in [6.07, 6.45) is 3.45. The molecule has 0 amide bonds. The summed E-state index contributed by atoms with van der Waals surface area (Å²) >= 11 is 0. The number of hydrogen-bond acceptors (Lipinski definition) is 4. The molecule has 0 aliphatic carbocycles. The highest BCUT2D eigenvalue weighted by Gasteiger charge is 2.18. The van der Waals surface area contributed by atoms with E-state index in [1.807, 2.05) is 12.1 Å². The maximum Gasteiger partial charge on any atom is 0.242 e. The van der Waals surface area contributed by atoms with Gasteiger partial charge in [0, 0.05) is 25.0 Å². The predicted molar refractivity (Wildman–Crippen MR) is 83.5 cm³/mol. The number of nitrogens with zero attached hydrogens (tertiary/aromatic N) is 1. The van der Waals surface area contributed by atoms with Crippen LogP contribution in [0, 0.1) is 0 Å². The Morgan fingerprint density at radius 1 is 1.14 bits per heavy atom. The Kier molecular flexibility index (Phi) is 4.93. The first-order chi connectivity index (χ1) is 9.99. The summed E-state index contributed by atoms with van der Waals surface area (Å²) in [7, 11) is -3.52. The SMILES string of the molecule is CC(C)NS(=O)(=O)c1ccccc1NCc1cccnc1. The van der Waals surface area contributed by atoms with Crippen molar-refractivity contribution in [3.05, 3.63) is 54.4 Å². The number of para-hydroxylation sites is 1. The lowest BCUT2D eigenvalue weighted by Crippen LogP contribution is -2.30. The van der Waals surface area contributed by atoms with Crippen LogP contribution in [0.15, 0.2) is 53.7 Å². The van der Waals surface area contributed by atoms with Crippen LogP contribution in [0.25, 0.3) is 0 Å². The average Bonchev–Trinajstić information content (AvgIpc) is 2.45. The number of nitrogens with one attached hydrogen (secondary N) is 2. The van der Waals surface area contributed by atoms with E-state index in [9.17, 15) is 8.42 Å². The molecule has 112 valence electrons. The Labute approximate surface area is 125 Å². The molecule has 0 aliphatic rings. The number of sulfonamides is 1. The number of anilines is 1. The molecule has 0 spiro atoms. The van der Waals surface area contributed by atoms with Crippen LogP contribution in [0.2, 0.25) is 0 Å². The van der Waals surface area contributed by atoms with Crippen molar-refractivity contribution in [3.8, 4) is 0 Å². The second-order valence-corrected chi connectivity index (χ2v) is 6.67. The molecular weight excluding hydrogens is 286 g/mol. The fraction of sp³-hybridized carbons (Fsp3) is 0.267. The molecule has 1 aromatic carbocycles. The summed E-state index contributed by atoms with van der Waals surface area (Å²) < 4.78 is 27.2. The summed E-state index contributed by atoms with van der Waals surface area (Å²) in [5, 5.41) is 3.15. The van der Waals surface area contributed by atoms with Crippen molar-refractivity contribution in [1.29, 1.82) is 0 Å². The molecule has 1 aromatic heterocycles. The van der Waals surface area contributed by atoms with Gasteiger partial charge >= 0.3 is 0 Å².